The number of carbonyl (C=O) groups is 3. The van der Waals surface area contributed by atoms with Crippen molar-refractivity contribution in [2.45, 2.75) is 51.6 Å². The molecule has 1 fully saturated rings. The Balaban J connectivity index is 1.66. The van der Waals surface area contributed by atoms with Crippen LogP contribution in [-0.2, 0) is 25.2 Å². The molecule has 1 aliphatic carbocycles. The van der Waals surface area contributed by atoms with Gasteiger partial charge in [-0.3, -0.25) is 23.5 Å². The third-order valence-corrected chi connectivity index (χ3v) is 6.91. The summed E-state index contributed by atoms with van der Waals surface area (Å²) in [5.41, 5.74) is 1.93. The first-order chi connectivity index (χ1) is 16.2. The topological polar surface area (TPSA) is 95.6 Å². The van der Waals surface area contributed by atoms with Crippen molar-refractivity contribution in [3.05, 3.63) is 59.9 Å². The molecule has 7 nitrogen and oxygen atoms in total. The van der Waals surface area contributed by atoms with Gasteiger partial charge in [-0.2, -0.15) is 0 Å². The highest BCUT2D eigenvalue weighted by molar-refractivity contribution is 7.86. The molecule has 0 radical (unpaired) electrons. The summed E-state index contributed by atoms with van der Waals surface area (Å²) < 4.78 is 26.1. The monoisotopic (exact) mass is 487 g/mol. The number of carbonyl (C=O) groups excluding carboxylic acids is 3. The summed E-state index contributed by atoms with van der Waals surface area (Å²) in [6, 6.07) is 11.5. The van der Waals surface area contributed by atoms with Crippen molar-refractivity contribution in [2.75, 3.05) is 21.7 Å². The van der Waals surface area contributed by atoms with Gasteiger partial charge in [-0.25, -0.2) is 4.39 Å². The smallest absolute Gasteiger partial charge is 0.243 e. The zero-order valence-electron chi connectivity index (χ0n) is 19.4. The molecule has 3 rings (SSSR count). The van der Waals surface area contributed by atoms with E-state index in [9.17, 15) is 23.0 Å². The number of amides is 3. The molecular formula is C25H30FN3O4S. The Bertz CT molecular complexity index is 1040. The van der Waals surface area contributed by atoms with Crippen LogP contribution in [0.3, 0.4) is 0 Å². The Morgan fingerprint density at radius 3 is 2.26 bits per heavy atom. The van der Waals surface area contributed by atoms with E-state index >= 15 is 0 Å². The lowest BCUT2D eigenvalue weighted by molar-refractivity contribution is -0.125. The van der Waals surface area contributed by atoms with Crippen LogP contribution in [0.1, 0.15) is 38.2 Å². The minimum absolute atomic E-state index is 0.0692. The first-order valence-electron chi connectivity index (χ1n) is 11.3. The first-order valence-corrected chi connectivity index (χ1v) is 12.8. The molecule has 0 aliphatic heterocycles. The average molecular weight is 488 g/mol. The minimum Gasteiger partial charge on any atom is -0.352 e. The SMILES string of the molecule is Cc1ccc(NC(=O)C[S@](=O)CC(=O)N(c2ccc(F)cc2)[C@H](C)C(=O)NC2CCCC2)cc1. The number of rotatable bonds is 9. The van der Waals surface area contributed by atoms with Gasteiger partial charge < -0.3 is 10.6 Å². The predicted molar refractivity (Wildman–Crippen MR) is 131 cm³/mol. The molecule has 2 atom stereocenters. The molecule has 182 valence electrons. The van der Waals surface area contributed by atoms with Crippen LogP contribution in [0.25, 0.3) is 0 Å². The van der Waals surface area contributed by atoms with E-state index in [0.717, 1.165) is 31.2 Å². The van der Waals surface area contributed by atoms with Crippen LogP contribution in [0, 0.1) is 12.7 Å². The van der Waals surface area contributed by atoms with Crippen LogP contribution >= 0.6 is 0 Å². The molecule has 0 bridgehead atoms. The van der Waals surface area contributed by atoms with Gasteiger partial charge >= 0.3 is 0 Å². The number of hydrogen-bond donors (Lipinski definition) is 2. The Morgan fingerprint density at radius 1 is 1.03 bits per heavy atom. The lowest BCUT2D eigenvalue weighted by Gasteiger charge is -2.29. The van der Waals surface area contributed by atoms with Crippen molar-refractivity contribution in [1.29, 1.82) is 0 Å². The van der Waals surface area contributed by atoms with E-state index < -0.39 is 40.2 Å². The van der Waals surface area contributed by atoms with E-state index in [2.05, 4.69) is 10.6 Å². The van der Waals surface area contributed by atoms with Gasteiger partial charge in [0.1, 0.15) is 23.4 Å². The maximum Gasteiger partial charge on any atom is 0.243 e. The molecule has 1 saturated carbocycles. The molecule has 34 heavy (non-hydrogen) atoms. The summed E-state index contributed by atoms with van der Waals surface area (Å²) in [5.74, 6) is -2.67. The number of benzene rings is 2. The number of nitrogens with one attached hydrogen (secondary N) is 2. The van der Waals surface area contributed by atoms with E-state index in [4.69, 9.17) is 0 Å². The lowest BCUT2D eigenvalue weighted by atomic mass is 10.1. The average Bonchev–Trinajstić information content (AvgIpc) is 3.29. The molecule has 2 N–H and O–H groups in total. The Morgan fingerprint density at radius 2 is 1.65 bits per heavy atom. The predicted octanol–water partition coefficient (Wildman–Crippen LogP) is 3.30. The zero-order valence-corrected chi connectivity index (χ0v) is 20.2. The van der Waals surface area contributed by atoms with Crippen molar-refractivity contribution in [2.24, 2.45) is 0 Å². The van der Waals surface area contributed by atoms with Crippen molar-refractivity contribution >= 4 is 39.9 Å². The van der Waals surface area contributed by atoms with Gasteiger partial charge in [-0.15, -0.1) is 0 Å². The molecular weight excluding hydrogens is 457 g/mol. The van der Waals surface area contributed by atoms with Gasteiger partial charge in [0.25, 0.3) is 0 Å². The molecule has 0 heterocycles. The molecule has 0 saturated heterocycles. The minimum atomic E-state index is -1.80. The third kappa shape index (κ3) is 7.21. The van der Waals surface area contributed by atoms with E-state index in [-0.39, 0.29) is 17.7 Å². The van der Waals surface area contributed by atoms with Crippen molar-refractivity contribution in [3.63, 3.8) is 0 Å². The van der Waals surface area contributed by atoms with Crippen LogP contribution in [-0.4, -0.2) is 45.5 Å². The number of anilines is 2. The van der Waals surface area contributed by atoms with Crippen LogP contribution in [0.15, 0.2) is 48.5 Å². The van der Waals surface area contributed by atoms with Gasteiger partial charge in [0.2, 0.25) is 17.7 Å². The second-order valence-electron chi connectivity index (χ2n) is 8.55. The summed E-state index contributed by atoms with van der Waals surface area (Å²) in [6.45, 7) is 3.51. The van der Waals surface area contributed by atoms with E-state index in [1.165, 1.54) is 29.2 Å². The molecule has 1 aliphatic rings. The molecule has 2 aromatic rings. The van der Waals surface area contributed by atoms with Crippen molar-refractivity contribution in [1.82, 2.24) is 5.32 Å². The molecule has 0 spiro atoms. The fourth-order valence-corrected chi connectivity index (χ4v) is 4.81. The summed E-state index contributed by atoms with van der Waals surface area (Å²) in [7, 11) is -1.80. The second kappa shape index (κ2) is 11.9. The highest BCUT2D eigenvalue weighted by Gasteiger charge is 2.30. The van der Waals surface area contributed by atoms with Crippen LogP contribution in [0.5, 0.6) is 0 Å². The second-order valence-corrected chi connectivity index (χ2v) is 10.0. The quantitative estimate of drug-likeness (QED) is 0.567. The summed E-state index contributed by atoms with van der Waals surface area (Å²) >= 11 is 0. The van der Waals surface area contributed by atoms with Crippen LogP contribution in [0.4, 0.5) is 15.8 Å². The molecule has 2 aromatic carbocycles. The normalized spacial score (nSPS) is 15.4. The maximum atomic E-state index is 13.5. The summed E-state index contributed by atoms with van der Waals surface area (Å²) in [6.07, 6.45) is 3.87. The standard InChI is InChI=1S/C25H30FN3O4S/c1-17-7-11-21(12-8-17)27-23(30)15-34(33)16-24(31)29(22-13-9-19(26)10-14-22)18(2)25(32)28-20-5-3-4-6-20/h7-14,18,20H,3-6,15-16H2,1-2H3,(H,27,30)(H,28,32)/t18-,34+/m1/s1. The van der Waals surface area contributed by atoms with Gasteiger partial charge in [0.15, 0.2) is 0 Å². The zero-order chi connectivity index (χ0) is 24.7. The number of nitrogens with zero attached hydrogens (tertiary/aromatic N) is 1. The largest absolute Gasteiger partial charge is 0.352 e. The summed E-state index contributed by atoms with van der Waals surface area (Å²) in [4.78, 5) is 39.5. The fourth-order valence-electron chi connectivity index (χ4n) is 3.93. The Kier molecular flexibility index (Phi) is 8.92. The third-order valence-electron chi connectivity index (χ3n) is 5.75. The van der Waals surface area contributed by atoms with Crippen molar-refractivity contribution < 1.29 is 23.0 Å². The highest BCUT2D eigenvalue weighted by Crippen LogP contribution is 2.21. The molecule has 9 heteroatoms. The van der Waals surface area contributed by atoms with Crippen molar-refractivity contribution in [3.8, 4) is 0 Å². The number of aryl methyl sites for hydroxylation is 1. The van der Waals surface area contributed by atoms with Gasteiger partial charge in [-0.1, -0.05) is 30.5 Å². The lowest BCUT2D eigenvalue weighted by Crippen LogP contribution is -2.51. The highest BCUT2D eigenvalue weighted by atomic mass is 32.2. The van der Waals surface area contributed by atoms with E-state index in [0.29, 0.717) is 11.4 Å². The summed E-state index contributed by atoms with van der Waals surface area (Å²) in [5, 5.41) is 5.62. The molecule has 0 aromatic heterocycles. The van der Waals surface area contributed by atoms with E-state index in [1.807, 2.05) is 19.1 Å². The Labute approximate surface area is 201 Å². The molecule has 0 unspecified atom stereocenters. The first kappa shape index (κ1) is 25.6. The number of hydrogen-bond acceptors (Lipinski definition) is 4. The van der Waals surface area contributed by atoms with Gasteiger partial charge in [0.05, 0.1) is 0 Å². The maximum absolute atomic E-state index is 13.5. The van der Waals surface area contributed by atoms with Gasteiger partial charge in [-0.05, 0) is 63.1 Å². The fraction of sp³-hybridized carbons (Fsp3) is 0.400. The van der Waals surface area contributed by atoms with Gasteiger partial charge in [0, 0.05) is 28.2 Å². The number of halogens is 1. The Hall–Kier alpha value is -3.07. The van der Waals surface area contributed by atoms with E-state index in [1.54, 1.807) is 19.1 Å². The van der Waals surface area contributed by atoms with Crippen LogP contribution < -0.4 is 15.5 Å². The molecule has 3 amide bonds. The van der Waals surface area contributed by atoms with Crippen LogP contribution in [0.2, 0.25) is 0 Å².